The Morgan fingerprint density at radius 3 is 2.59 bits per heavy atom. The van der Waals surface area contributed by atoms with Gasteiger partial charge in [0.2, 0.25) is 0 Å². The zero-order valence-electron chi connectivity index (χ0n) is 15.8. The lowest BCUT2D eigenvalue weighted by molar-refractivity contribution is 0.340. The quantitative estimate of drug-likeness (QED) is 0.522. The molecule has 0 radical (unpaired) electrons. The zero-order valence-corrected chi connectivity index (χ0v) is 16.6. The number of furan rings is 1. The average molecular weight is 384 g/mol. The molecule has 3 nitrogen and oxygen atoms in total. The minimum Gasteiger partial charge on any atom is -0.494 e. The average Bonchev–Trinajstić information content (AvgIpc) is 3.29. The summed E-state index contributed by atoms with van der Waals surface area (Å²) in [6.45, 7) is 6.19. The predicted octanol–water partition coefficient (Wildman–Crippen LogP) is 5.71. The number of rotatable bonds is 7. The molecule has 0 saturated carbocycles. The van der Waals surface area contributed by atoms with Crippen molar-refractivity contribution in [1.29, 1.82) is 0 Å². The molecule has 0 N–H and O–H groups in total. The first kappa shape index (κ1) is 18.4. The molecule has 1 aromatic heterocycles. The first-order valence-corrected chi connectivity index (χ1v) is 10.2. The summed E-state index contributed by atoms with van der Waals surface area (Å²) < 4.78 is 11.8. The van der Waals surface area contributed by atoms with Gasteiger partial charge >= 0.3 is 0 Å². The van der Waals surface area contributed by atoms with Crippen molar-refractivity contribution >= 4 is 22.6 Å². The van der Waals surface area contributed by atoms with E-state index in [1.165, 1.54) is 37.1 Å². The molecular weight excluding hydrogens is 358 g/mol. The SMILES string of the molecule is CCOc1ccc(Cc2oc3ccc(Cl)cc3c2CCN2CCCC2)cc1. The lowest BCUT2D eigenvalue weighted by atomic mass is 10.0. The second kappa shape index (κ2) is 8.37. The number of hydrogen-bond donors (Lipinski definition) is 0. The zero-order chi connectivity index (χ0) is 18.6. The van der Waals surface area contributed by atoms with Gasteiger partial charge in [-0.2, -0.15) is 0 Å². The van der Waals surface area contributed by atoms with Crippen molar-refractivity contribution < 1.29 is 9.15 Å². The summed E-state index contributed by atoms with van der Waals surface area (Å²) in [6, 6.07) is 14.2. The van der Waals surface area contributed by atoms with Crippen LogP contribution in [-0.4, -0.2) is 31.1 Å². The fourth-order valence-corrected chi connectivity index (χ4v) is 4.09. The van der Waals surface area contributed by atoms with Crippen LogP contribution in [0, 0.1) is 0 Å². The predicted molar refractivity (Wildman–Crippen MR) is 111 cm³/mol. The summed E-state index contributed by atoms with van der Waals surface area (Å²) in [7, 11) is 0. The molecule has 142 valence electrons. The van der Waals surface area contributed by atoms with Gasteiger partial charge in [-0.05, 0) is 75.2 Å². The minimum absolute atomic E-state index is 0.685. The van der Waals surface area contributed by atoms with Crippen LogP contribution in [0.5, 0.6) is 5.75 Å². The maximum absolute atomic E-state index is 6.27. The number of benzene rings is 2. The van der Waals surface area contributed by atoms with Crippen LogP contribution < -0.4 is 4.74 Å². The highest BCUT2D eigenvalue weighted by Gasteiger charge is 2.18. The van der Waals surface area contributed by atoms with Crippen LogP contribution in [0.2, 0.25) is 5.02 Å². The van der Waals surface area contributed by atoms with E-state index in [0.29, 0.717) is 6.61 Å². The van der Waals surface area contributed by atoms with Gasteiger partial charge in [0.05, 0.1) is 6.61 Å². The molecule has 1 fully saturated rings. The third kappa shape index (κ3) is 4.31. The molecular formula is C23H26ClNO2. The Hall–Kier alpha value is -1.97. The van der Waals surface area contributed by atoms with Crippen molar-refractivity contribution in [1.82, 2.24) is 4.90 Å². The van der Waals surface area contributed by atoms with Crippen LogP contribution in [-0.2, 0) is 12.8 Å². The molecule has 0 atom stereocenters. The van der Waals surface area contributed by atoms with Crippen molar-refractivity contribution in [2.24, 2.45) is 0 Å². The van der Waals surface area contributed by atoms with Gasteiger partial charge in [-0.15, -0.1) is 0 Å². The largest absolute Gasteiger partial charge is 0.494 e. The van der Waals surface area contributed by atoms with Crippen LogP contribution >= 0.6 is 11.6 Å². The molecule has 1 aliphatic heterocycles. The van der Waals surface area contributed by atoms with Crippen molar-refractivity contribution in [3.8, 4) is 5.75 Å². The standard InChI is InChI=1S/C23H26ClNO2/c1-2-26-19-8-5-17(6-9-19)15-23-20(11-14-25-12-3-4-13-25)21-16-18(24)7-10-22(21)27-23/h5-10,16H,2-4,11-15H2,1H3. The van der Waals surface area contributed by atoms with Gasteiger partial charge in [0, 0.05) is 28.9 Å². The van der Waals surface area contributed by atoms with Crippen molar-refractivity contribution in [2.45, 2.75) is 32.6 Å². The Labute approximate surface area is 165 Å². The lowest BCUT2D eigenvalue weighted by Gasteiger charge is -2.14. The van der Waals surface area contributed by atoms with Crippen molar-refractivity contribution in [3.63, 3.8) is 0 Å². The summed E-state index contributed by atoms with van der Waals surface area (Å²) >= 11 is 6.27. The molecule has 0 aliphatic carbocycles. The summed E-state index contributed by atoms with van der Waals surface area (Å²) in [5.74, 6) is 1.96. The van der Waals surface area contributed by atoms with E-state index >= 15 is 0 Å². The smallest absolute Gasteiger partial charge is 0.134 e. The third-order valence-corrected chi connectivity index (χ3v) is 5.55. The molecule has 0 amide bonds. The first-order valence-electron chi connectivity index (χ1n) is 9.87. The maximum Gasteiger partial charge on any atom is 0.134 e. The van der Waals surface area contributed by atoms with Crippen LogP contribution in [0.4, 0.5) is 0 Å². The first-order chi connectivity index (χ1) is 13.2. The Bertz CT molecular complexity index is 895. The number of likely N-dealkylation sites (tertiary alicyclic amines) is 1. The van der Waals surface area contributed by atoms with E-state index < -0.39 is 0 Å². The van der Waals surface area contributed by atoms with E-state index in [-0.39, 0.29) is 0 Å². The second-order valence-corrected chi connectivity index (χ2v) is 7.63. The van der Waals surface area contributed by atoms with E-state index in [9.17, 15) is 0 Å². The van der Waals surface area contributed by atoms with E-state index in [0.717, 1.165) is 46.9 Å². The molecule has 2 heterocycles. The van der Waals surface area contributed by atoms with Crippen LogP contribution in [0.15, 0.2) is 46.9 Å². The van der Waals surface area contributed by atoms with Crippen LogP contribution in [0.3, 0.4) is 0 Å². The van der Waals surface area contributed by atoms with E-state index in [2.05, 4.69) is 17.0 Å². The Balaban J connectivity index is 1.60. The highest BCUT2D eigenvalue weighted by atomic mass is 35.5. The highest BCUT2D eigenvalue weighted by molar-refractivity contribution is 6.31. The number of nitrogens with zero attached hydrogens (tertiary/aromatic N) is 1. The highest BCUT2D eigenvalue weighted by Crippen LogP contribution is 2.31. The normalized spacial score (nSPS) is 14.9. The Morgan fingerprint density at radius 2 is 1.85 bits per heavy atom. The number of ether oxygens (including phenoxy) is 1. The van der Waals surface area contributed by atoms with E-state index in [4.69, 9.17) is 20.8 Å². The van der Waals surface area contributed by atoms with Gasteiger partial charge in [0.25, 0.3) is 0 Å². The lowest BCUT2D eigenvalue weighted by Crippen LogP contribution is -2.22. The summed E-state index contributed by atoms with van der Waals surface area (Å²) in [5.41, 5.74) is 3.45. The fraction of sp³-hybridized carbons (Fsp3) is 0.391. The van der Waals surface area contributed by atoms with Crippen molar-refractivity contribution in [3.05, 3.63) is 64.4 Å². The number of hydrogen-bond acceptors (Lipinski definition) is 3. The maximum atomic E-state index is 6.27. The fourth-order valence-electron chi connectivity index (χ4n) is 3.92. The van der Waals surface area contributed by atoms with E-state index in [1.54, 1.807) is 0 Å². The van der Waals surface area contributed by atoms with Gasteiger partial charge in [-0.3, -0.25) is 0 Å². The van der Waals surface area contributed by atoms with Crippen LogP contribution in [0.1, 0.15) is 36.7 Å². The number of halogens is 1. The number of fused-ring (bicyclic) bond motifs is 1. The molecule has 3 aromatic rings. The molecule has 4 heteroatoms. The molecule has 1 aliphatic rings. The van der Waals surface area contributed by atoms with Gasteiger partial charge in [0.15, 0.2) is 0 Å². The Morgan fingerprint density at radius 1 is 1.07 bits per heavy atom. The van der Waals surface area contributed by atoms with Gasteiger partial charge in [-0.1, -0.05) is 23.7 Å². The minimum atomic E-state index is 0.685. The van der Waals surface area contributed by atoms with Crippen molar-refractivity contribution in [2.75, 3.05) is 26.2 Å². The topological polar surface area (TPSA) is 25.6 Å². The molecule has 0 spiro atoms. The summed E-state index contributed by atoms with van der Waals surface area (Å²) in [6.07, 6.45) is 4.42. The van der Waals surface area contributed by atoms with Gasteiger partial charge < -0.3 is 14.1 Å². The molecule has 1 saturated heterocycles. The summed E-state index contributed by atoms with van der Waals surface area (Å²) in [4.78, 5) is 2.55. The molecule has 4 rings (SSSR count). The monoisotopic (exact) mass is 383 g/mol. The molecule has 27 heavy (non-hydrogen) atoms. The second-order valence-electron chi connectivity index (χ2n) is 7.20. The van der Waals surface area contributed by atoms with E-state index in [1.807, 2.05) is 37.3 Å². The summed E-state index contributed by atoms with van der Waals surface area (Å²) in [5, 5.41) is 1.92. The third-order valence-electron chi connectivity index (χ3n) is 5.31. The van der Waals surface area contributed by atoms with Crippen LogP contribution in [0.25, 0.3) is 11.0 Å². The molecule has 0 unspecified atom stereocenters. The molecule has 0 bridgehead atoms. The van der Waals surface area contributed by atoms with Gasteiger partial charge in [-0.25, -0.2) is 0 Å². The molecule has 2 aromatic carbocycles. The van der Waals surface area contributed by atoms with Gasteiger partial charge in [0.1, 0.15) is 17.1 Å². The Kier molecular flexibility index (Phi) is 5.70.